The fourth-order valence-electron chi connectivity index (χ4n) is 4.51. The summed E-state index contributed by atoms with van der Waals surface area (Å²) in [5.41, 5.74) is 2.88. The number of aliphatic hydroxyl groups excluding tert-OH is 1. The second-order valence-corrected chi connectivity index (χ2v) is 9.66. The number of carbonyl (C=O) groups is 1. The number of aryl methyl sites for hydroxylation is 1. The Morgan fingerprint density at radius 3 is 2.80 bits per heavy atom. The summed E-state index contributed by atoms with van der Waals surface area (Å²) in [7, 11) is 0. The molecule has 0 spiro atoms. The molecule has 1 fully saturated rings. The van der Waals surface area contributed by atoms with Crippen LogP contribution in [0.4, 0.5) is 0 Å². The lowest BCUT2D eigenvalue weighted by Crippen LogP contribution is -2.21. The number of fused-ring (bicyclic) bond motifs is 3. The quantitative estimate of drug-likeness (QED) is 0.446. The smallest absolute Gasteiger partial charge is 0.279 e. The molecule has 1 heterocycles. The fourth-order valence-corrected chi connectivity index (χ4v) is 6.07. The molecule has 2 aromatic carbocycles. The van der Waals surface area contributed by atoms with Crippen LogP contribution < -0.4 is 4.74 Å². The number of Topliss-reactive ketones (excluding diaryl/α,β-unsaturated/α-hetero) is 1. The molecule has 0 amide bonds. The SMILES string of the molecule is CCc1ccc(Oc2nc3c(Cl)cc(Cl)cc3s2)cc1C1=C(O)[C@@H]2CC[C@H](C2)C1=O. The number of hydrogen-bond donors (Lipinski definition) is 1. The van der Waals surface area contributed by atoms with Gasteiger partial charge in [0, 0.05) is 16.9 Å². The van der Waals surface area contributed by atoms with Gasteiger partial charge in [0.15, 0.2) is 5.78 Å². The second kappa shape index (κ2) is 7.56. The average molecular weight is 460 g/mol. The zero-order valence-electron chi connectivity index (χ0n) is 16.2. The van der Waals surface area contributed by atoms with E-state index in [0.717, 1.165) is 41.5 Å². The van der Waals surface area contributed by atoms with Crippen LogP contribution in [0.5, 0.6) is 10.9 Å². The first-order valence-corrected chi connectivity index (χ1v) is 11.6. The molecule has 3 aromatic rings. The Morgan fingerprint density at radius 1 is 1.20 bits per heavy atom. The Balaban J connectivity index is 1.55. The molecule has 2 bridgehead atoms. The number of benzene rings is 2. The third-order valence-corrected chi connectivity index (χ3v) is 7.41. The molecule has 1 aromatic heterocycles. The maximum atomic E-state index is 13.0. The lowest BCUT2D eigenvalue weighted by molar-refractivity contribution is -0.117. The molecule has 1 N–H and O–H groups in total. The summed E-state index contributed by atoms with van der Waals surface area (Å²) in [6.45, 7) is 2.04. The van der Waals surface area contributed by atoms with Crippen molar-refractivity contribution in [2.45, 2.75) is 32.6 Å². The van der Waals surface area contributed by atoms with Crippen molar-refractivity contribution in [3.8, 4) is 10.9 Å². The molecule has 0 aliphatic heterocycles. The van der Waals surface area contributed by atoms with Gasteiger partial charge in [0.25, 0.3) is 5.19 Å². The highest BCUT2D eigenvalue weighted by Gasteiger charge is 2.41. The van der Waals surface area contributed by atoms with Crippen molar-refractivity contribution < 1.29 is 14.6 Å². The third kappa shape index (κ3) is 3.29. The minimum absolute atomic E-state index is 0.0198. The van der Waals surface area contributed by atoms with Crippen LogP contribution >= 0.6 is 34.5 Å². The Hall–Kier alpha value is -2.08. The minimum Gasteiger partial charge on any atom is -0.511 e. The topological polar surface area (TPSA) is 59.4 Å². The number of allylic oxidation sites excluding steroid dienone is 2. The van der Waals surface area contributed by atoms with Gasteiger partial charge in [0.1, 0.15) is 17.0 Å². The highest BCUT2D eigenvalue weighted by Crippen LogP contribution is 2.46. The van der Waals surface area contributed by atoms with Crippen LogP contribution in [0.3, 0.4) is 0 Å². The number of nitrogens with zero attached hydrogens (tertiary/aromatic N) is 1. The molecular weight excluding hydrogens is 441 g/mol. The highest BCUT2D eigenvalue weighted by molar-refractivity contribution is 7.20. The van der Waals surface area contributed by atoms with Crippen LogP contribution in [-0.2, 0) is 11.2 Å². The van der Waals surface area contributed by atoms with Gasteiger partial charge in [-0.25, -0.2) is 4.98 Å². The number of ether oxygens (including phenoxy) is 1. The minimum atomic E-state index is 0.0198. The van der Waals surface area contributed by atoms with Crippen LogP contribution in [0.2, 0.25) is 10.0 Å². The van der Waals surface area contributed by atoms with Crippen molar-refractivity contribution in [3.05, 3.63) is 57.3 Å². The number of hydrogen-bond acceptors (Lipinski definition) is 5. The molecule has 0 radical (unpaired) electrons. The van der Waals surface area contributed by atoms with E-state index in [-0.39, 0.29) is 23.4 Å². The third-order valence-electron chi connectivity index (χ3n) is 6.02. The summed E-state index contributed by atoms with van der Waals surface area (Å²) >= 11 is 13.7. The van der Waals surface area contributed by atoms with Crippen LogP contribution in [-0.4, -0.2) is 15.9 Å². The average Bonchev–Trinajstić information content (AvgIpc) is 3.33. The van der Waals surface area contributed by atoms with E-state index in [4.69, 9.17) is 27.9 Å². The van der Waals surface area contributed by atoms with E-state index in [0.29, 0.717) is 32.1 Å². The van der Waals surface area contributed by atoms with Gasteiger partial charge in [-0.05, 0) is 61.1 Å². The Labute approximate surface area is 188 Å². The molecule has 0 saturated heterocycles. The van der Waals surface area contributed by atoms with Crippen molar-refractivity contribution in [2.24, 2.45) is 11.8 Å². The molecule has 5 rings (SSSR count). The van der Waals surface area contributed by atoms with E-state index in [9.17, 15) is 9.90 Å². The lowest BCUT2D eigenvalue weighted by atomic mass is 9.81. The van der Waals surface area contributed by atoms with Gasteiger partial charge in [-0.1, -0.05) is 47.5 Å². The van der Waals surface area contributed by atoms with Crippen molar-refractivity contribution >= 4 is 56.1 Å². The van der Waals surface area contributed by atoms with Crippen molar-refractivity contribution in [3.63, 3.8) is 0 Å². The lowest BCUT2D eigenvalue weighted by Gasteiger charge is -2.23. The second-order valence-electron chi connectivity index (χ2n) is 7.82. The number of ketones is 1. The van der Waals surface area contributed by atoms with Gasteiger partial charge in [-0.15, -0.1) is 0 Å². The zero-order valence-corrected chi connectivity index (χ0v) is 18.6. The highest BCUT2D eigenvalue weighted by atomic mass is 35.5. The van der Waals surface area contributed by atoms with Gasteiger partial charge >= 0.3 is 0 Å². The Kier molecular flexibility index (Phi) is 5.00. The molecule has 0 unspecified atom stereocenters. The molecule has 4 nitrogen and oxygen atoms in total. The van der Waals surface area contributed by atoms with E-state index in [1.807, 2.05) is 25.1 Å². The summed E-state index contributed by atoms with van der Waals surface area (Å²) in [6.07, 6.45) is 3.24. The van der Waals surface area contributed by atoms with Crippen molar-refractivity contribution in [2.75, 3.05) is 0 Å². The van der Waals surface area contributed by atoms with Gasteiger partial charge in [0.2, 0.25) is 0 Å². The summed E-state index contributed by atoms with van der Waals surface area (Å²) < 4.78 is 6.86. The monoisotopic (exact) mass is 459 g/mol. The van der Waals surface area contributed by atoms with Crippen LogP contribution in [0.25, 0.3) is 15.8 Å². The molecule has 1 saturated carbocycles. The maximum Gasteiger partial charge on any atom is 0.279 e. The molecular formula is C23H19Cl2NO3S. The Morgan fingerprint density at radius 2 is 2.00 bits per heavy atom. The van der Waals surface area contributed by atoms with Crippen molar-refractivity contribution in [1.29, 1.82) is 0 Å². The van der Waals surface area contributed by atoms with Gasteiger partial charge in [-0.3, -0.25) is 4.79 Å². The van der Waals surface area contributed by atoms with E-state index in [1.165, 1.54) is 11.3 Å². The summed E-state index contributed by atoms with van der Waals surface area (Å²) in [6, 6.07) is 9.11. The van der Waals surface area contributed by atoms with Gasteiger partial charge in [0.05, 0.1) is 15.3 Å². The van der Waals surface area contributed by atoms with Crippen LogP contribution in [0.1, 0.15) is 37.3 Å². The molecule has 2 atom stereocenters. The predicted octanol–water partition coefficient (Wildman–Crippen LogP) is 7.23. The summed E-state index contributed by atoms with van der Waals surface area (Å²) in [4.78, 5) is 17.5. The van der Waals surface area contributed by atoms with E-state index in [2.05, 4.69) is 4.98 Å². The van der Waals surface area contributed by atoms with Crippen molar-refractivity contribution in [1.82, 2.24) is 4.98 Å². The van der Waals surface area contributed by atoms with E-state index >= 15 is 0 Å². The number of halogens is 2. The zero-order chi connectivity index (χ0) is 21.0. The normalized spacial score (nSPS) is 21.0. The first-order chi connectivity index (χ1) is 14.4. The molecule has 7 heteroatoms. The summed E-state index contributed by atoms with van der Waals surface area (Å²) in [5, 5.41) is 12.3. The number of rotatable bonds is 4. The first kappa shape index (κ1) is 19.9. The maximum absolute atomic E-state index is 13.0. The summed E-state index contributed by atoms with van der Waals surface area (Å²) in [5.74, 6) is 0.963. The Bertz CT molecular complexity index is 1220. The van der Waals surface area contributed by atoms with Gasteiger partial charge < -0.3 is 9.84 Å². The first-order valence-electron chi connectivity index (χ1n) is 9.98. The fraction of sp³-hybridized carbons (Fsp3) is 0.304. The van der Waals surface area contributed by atoms with E-state index in [1.54, 1.807) is 12.1 Å². The van der Waals surface area contributed by atoms with E-state index < -0.39 is 0 Å². The molecule has 30 heavy (non-hydrogen) atoms. The number of aromatic nitrogens is 1. The number of thiazole rings is 1. The molecule has 2 aliphatic carbocycles. The largest absolute Gasteiger partial charge is 0.511 e. The van der Waals surface area contributed by atoms with Crippen LogP contribution in [0.15, 0.2) is 36.1 Å². The van der Waals surface area contributed by atoms with Gasteiger partial charge in [-0.2, -0.15) is 0 Å². The molecule has 154 valence electrons. The van der Waals surface area contributed by atoms with Crippen LogP contribution in [0, 0.1) is 11.8 Å². The predicted molar refractivity (Wildman–Crippen MR) is 121 cm³/mol. The standard InChI is InChI=1S/C23H19Cl2NO3S/c1-2-11-5-6-15(29-23-26-20-17(25)8-14(24)9-18(20)30-23)10-16(11)19-21(27)12-3-4-13(7-12)22(19)28/h5-6,8-10,12-13,27H,2-4,7H2,1H3/t12-,13-/m1/s1. The number of carbonyl (C=O) groups excluding carboxylic acids is 1. The molecule has 2 aliphatic rings. The number of aliphatic hydroxyl groups is 1.